The maximum absolute atomic E-state index is 16.7. The van der Waals surface area contributed by atoms with Crippen molar-refractivity contribution in [3.05, 3.63) is 104 Å². The molecule has 2 aliphatic heterocycles. The van der Waals surface area contributed by atoms with Crippen LogP contribution in [0.15, 0.2) is 60.7 Å². The third kappa shape index (κ3) is 5.23. The van der Waals surface area contributed by atoms with E-state index in [1.54, 1.807) is 48.5 Å². The third-order valence-electron chi connectivity index (χ3n) is 9.04. The highest BCUT2D eigenvalue weighted by atomic mass is 35.5. The summed E-state index contributed by atoms with van der Waals surface area (Å²) in [6, 6.07) is 14.7. The number of carbonyl (C=O) groups is 2. The van der Waals surface area contributed by atoms with Crippen molar-refractivity contribution in [1.82, 2.24) is 4.90 Å². The summed E-state index contributed by atoms with van der Waals surface area (Å²) in [7, 11) is 1.35. The Morgan fingerprint density at radius 3 is 2.23 bits per heavy atom. The Morgan fingerprint density at radius 2 is 1.70 bits per heavy atom. The Balaban J connectivity index is 1.79. The van der Waals surface area contributed by atoms with Crippen molar-refractivity contribution >= 4 is 35.1 Å². The Kier molecular flexibility index (Phi) is 8.89. The van der Waals surface area contributed by atoms with Crippen molar-refractivity contribution in [2.75, 3.05) is 20.3 Å². The summed E-state index contributed by atoms with van der Waals surface area (Å²) in [5.41, 5.74) is -2.21. The third-order valence-corrected chi connectivity index (χ3v) is 9.54. The minimum atomic E-state index is -1.86. The molecular formula is C33H34Cl2FNO6. The summed E-state index contributed by atoms with van der Waals surface area (Å²) in [6.45, 7) is 4.27. The molecule has 2 N–H and O–H groups in total. The highest BCUT2D eigenvalue weighted by Gasteiger charge is 2.58. The molecule has 7 nitrogen and oxygen atoms in total. The molecule has 5 rings (SSSR count). The molecule has 3 aromatic rings. The highest BCUT2D eigenvalue weighted by molar-refractivity contribution is 6.30. The second-order valence-corrected chi connectivity index (χ2v) is 12.1. The molecule has 0 saturated carbocycles. The quantitative estimate of drug-likeness (QED) is 0.267. The highest BCUT2D eigenvalue weighted by Crippen LogP contribution is 2.53. The number of aliphatic hydroxyl groups is 1. The van der Waals surface area contributed by atoms with E-state index in [1.807, 2.05) is 6.92 Å². The number of aliphatic carboxylic acids is 1. The molecule has 228 valence electrons. The van der Waals surface area contributed by atoms with Crippen molar-refractivity contribution in [1.29, 1.82) is 0 Å². The summed E-state index contributed by atoms with van der Waals surface area (Å²) in [5, 5.41) is 23.0. The van der Waals surface area contributed by atoms with E-state index in [1.165, 1.54) is 31.1 Å². The van der Waals surface area contributed by atoms with Gasteiger partial charge in [0, 0.05) is 35.9 Å². The minimum Gasteiger partial charge on any atom is -0.481 e. The maximum atomic E-state index is 16.7. The lowest BCUT2D eigenvalue weighted by molar-refractivity contribution is -0.149. The number of fused-ring (bicyclic) bond motifs is 1. The van der Waals surface area contributed by atoms with E-state index in [2.05, 4.69) is 0 Å². The van der Waals surface area contributed by atoms with Gasteiger partial charge in [0.05, 0.1) is 28.7 Å². The van der Waals surface area contributed by atoms with Crippen LogP contribution in [-0.2, 0) is 25.6 Å². The molecule has 1 fully saturated rings. The van der Waals surface area contributed by atoms with Gasteiger partial charge in [0.2, 0.25) is 0 Å². The zero-order chi connectivity index (χ0) is 31.1. The van der Waals surface area contributed by atoms with Gasteiger partial charge in [-0.25, -0.2) is 4.39 Å². The summed E-state index contributed by atoms with van der Waals surface area (Å²) in [6.07, 6.45) is 1.47. The number of ether oxygens (including phenoxy) is 2. The van der Waals surface area contributed by atoms with Gasteiger partial charge in [0.1, 0.15) is 5.82 Å². The van der Waals surface area contributed by atoms with Gasteiger partial charge in [-0.3, -0.25) is 14.5 Å². The number of carbonyl (C=O) groups excluding carboxylic acids is 1. The monoisotopic (exact) mass is 629 g/mol. The fourth-order valence-corrected chi connectivity index (χ4v) is 6.97. The first-order valence-electron chi connectivity index (χ1n) is 14.3. The number of rotatable bonds is 9. The van der Waals surface area contributed by atoms with Crippen LogP contribution in [-0.4, -0.2) is 47.3 Å². The van der Waals surface area contributed by atoms with Gasteiger partial charge in [-0.1, -0.05) is 54.4 Å². The van der Waals surface area contributed by atoms with Crippen molar-refractivity contribution in [2.24, 2.45) is 11.8 Å². The summed E-state index contributed by atoms with van der Waals surface area (Å²) >= 11 is 12.4. The zero-order valence-electron chi connectivity index (χ0n) is 24.1. The van der Waals surface area contributed by atoms with Gasteiger partial charge < -0.3 is 19.7 Å². The predicted octanol–water partition coefficient (Wildman–Crippen LogP) is 6.92. The first kappa shape index (κ1) is 31.4. The smallest absolute Gasteiger partial charge is 0.308 e. The number of benzene rings is 3. The van der Waals surface area contributed by atoms with Crippen LogP contribution < -0.4 is 0 Å². The Labute approximate surface area is 260 Å². The first-order chi connectivity index (χ1) is 20.5. The number of hydrogen-bond donors (Lipinski definition) is 2. The van der Waals surface area contributed by atoms with Gasteiger partial charge in [0.15, 0.2) is 5.72 Å². The number of carboxylic acids is 1. The van der Waals surface area contributed by atoms with E-state index in [4.69, 9.17) is 32.7 Å². The Hall–Kier alpha value is -3.01. The lowest BCUT2D eigenvalue weighted by atomic mass is 9.74. The van der Waals surface area contributed by atoms with Crippen molar-refractivity contribution < 1.29 is 33.7 Å². The molecule has 1 saturated heterocycles. The Morgan fingerprint density at radius 1 is 1.12 bits per heavy atom. The lowest BCUT2D eigenvalue weighted by Gasteiger charge is -2.44. The van der Waals surface area contributed by atoms with Gasteiger partial charge >= 0.3 is 5.97 Å². The predicted molar refractivity (Wildman–Crippen MR) is 161 cm³/mol. The van der Waals surface area contributed by atoms with Crippen LogP contribution in [0, 0.1) is 17.7 Å². The number of methoxy groups -OCH3 is 1. The van der Waals surface area contributed by atoms with E-state index in [-0.39, 0.29) is 22.6 Å². The minimum absolute atomic E-state index is 0.0118. The molecule has 0 aromatic heterocycles. The van der Waals surface area contributed by atoms with E-state index in [9.17, 15) is 19.8 Å². The second-order valence-electron chi connectivity index (χ2n) is 11.2. The molecular weight excluding hydrogens is 596 g/mol. The average molecular weight is 631 g/mol. The summed E-state index contributed by atoms with van der Waals surface area (Å²) < 4.78 is 28.4. The van der Waals surface area contributed by atoms with Crippen molar-refractivity contribution in [3.8, 4) is 0 Å². The average Bonchev–Trinajstić information content (AvgIpc) is 3.27. The van der Waals surface area contributed by atoms with E-state index in [0.717, 1.165) is 0 Å². The van der Waals surface area contributed by atoms with Crippen LogP contribution in [0.3, 0.4) is 0 Å². The SMILES string of the molecule is CCC(O)(c1cc(F)c2c(c1)C(=O)N([C@H](c1ccc(Cl)cc1)[C@H](C)C(=O)O)[C@@]2(OC)c1ccc(Cl)cc1)C1CCOCC1. The largest absolute Gasteiger partial charge is 0.481 e. The second kappa shape index (κ2) is 12.2. The van der Waals surface area contributed by atoms with Crippen LogP contribution >= 0.6 is 23.2 Å². The summed E-state index contributed by atoms with van der Waals surface area (Å²) in [5.74, 6) is -3.89. The maximum Gasteiger partial charge on any atom is 0.308 e. The molecule has 43 heavy (non-hydrogen) atoms. The van der Waals surface area contributed by atoms with Crippen LogP contribution in [0.5, 0.6) is 0 Å². The molecule has 4 atom stereocenters. The molecule has 0 radical (unpaired) electrons. The zero-order valence-corrected chi connectivity index (χ0v) is 25.7. The number of halogens is 3. The van der Waals surface area contributed by atoms with Crippen molar-refractivity contribution in [2.45, 2.75) is 50.5 Å². The first-order valence-corrected chi connectivity index (χ1v) is 15.0. The van der Waals surface area contributed by atoms with Crippen LogP contribution in [0.4, 0.5) is 4.39 Å². The lowest BCUT2D eigenvalue weighted by Crippen LogP contribution is -2.51. The standard InChI is InChI=1S/C33H34Cl2FNO6/c1-4-32(41,21-13-15-43-16-14-21)23-17-26-28(27(36)18-23)33(42-3,22-7-11-25(35)12-8-22)37(30(26)38)29(19(2)31(39)40)20-5-9-24(34)10-6-20/h5-12,17-19,21,29,41H,4,13-16H2,1-3H3,(H,39,40)/t19-,29-,32?,33+/m0/s1. The van der Waals surface area contributed by atoms with Gasteiger partial charge in [-0.15, -0.1) is 0 Å². The van der Waals surface area contributed by atoms with Crippen molar-refractivity contribution in [3.63, 3.8) is 0 Å². The molecule has 0 spiro atoms. The van der Waals surface area contributed by atoms with Crippen LogP contribution in [0.25, 0.3) is 0 Å². The van der Waals surface area contributed by atoms with Gasteiger partial charge in [-0.05, 0) is 79.6 Å². The van der Waals surface area contributed by atoms with Gasteiger partial charge in [-0.2, -0.15) is 0 Å². The number of amides is 1. The molecule has 0 aliphatic carbocycles. The van der Waals surface area contributed by atoms with Crippen LogP contribution in [0.1, 0.15) is 71.8 Å². The van der Waals surface area contributed by atoms with Crippen LogP contribution in [0.2, 0.25) is 10.0 Å². The molecule has 1 amide bonds. The molecule has 10 heteroatoms. The molecule has 2 aliphatic rings. The number of nitrogens with zero attached hydrogens (tertiary/aromatic N) is 1. The molecule has 2 heterocycles. The molecule has 3 aromatic carbocycles. The summed E-state index contributed by atoms with van der Waals surface area (Å²) in [4.78, 5) is 28.5. The Bertz CT molecular complexity index is 1510. The fraction of sp³-hybridized carbons (Fsp3) is 0.394. The molecule has 0 bridgehead atoms. The van der Waals surface area contributed by atoms with Gasteiger partial charge in [0.25, 0.3) is 5.91 Å². The topological polar surface area (TPSA) is 96.3 Å². The van der Waals surface area contributed by atoms with E-state index < -0.39 is 41.0 Å². The number of hydrogen-bond acceptors (Lipinski definition) is 5. The normalized spacial score (nSPS) is 21.7. The molecule has 1 unspecified atom stereocenters. The van der Waals surface area contributed by atoms with E-state index in [0.29, 0.717) is 53.6 Å². The van der Waals surface area contributed by atoms with E-state index >= 15 is 4.39 Å². The fourth-order valence-electron chi connectivity index (χ4n) is 6.72. The number of carboxylic acid groups (broad SMARTS) is 1.